The molecule has 1 atom stereocenters. The van der Waals surface area contributed by atoms with Crippen molar-refractivity contribution in [1.82, 2.24) is 29.4 Å². The molecule has 2 aromatic heterocycles. The molecule has 9 nitrogen and oxygen atoms in total. The van der Waals surface area contributed by atoms with Crippen molar-refractivity contribution < 1.29 is 9.59 Å². The second-order valence-corrected chi connectivity index (χ2v) is 7.88. The van der Waals surface area contributed by atoms with Gasteiger partial charge in [0.1, 0.15) is 0 Å². The van der Waals surface area contributed by atoms with Crippen LogP contribution in [0.2, 0.25) is 0 Å². The summed E-state index contributed by atoms with van der Waals surface area (Å²) >= 11 is 1.23. The fraction of sp³-hybridized carbons (Fsp3) is 0.389. The summed E-state index contributed by atoms with van der Waals surface area (Å²) in [6.07, 6.45) is 0.780. The van der Waals surface area contributed by atoms with Crippen LogP contribution in [0, 0.1) is 0 Å². The van der Waals surface area contributed by atoms with E-state index in [0.29, 0.717) is 41.5 Å². The predicted molar refractivity (Wildman–Crippen MR) is 105 cm³/mol. The highest BCUT2D eigenvalue weighted by Crippen LogP contribution is 2.26. The Hall–Kier alpha value is -2.88. The Morgan fingerprint density at radius 1 is 1.29 bits per heavy atom. The molecule has 4 rings (SSSR count). The largest absolute Gasteiger partial charge is 0.336 e. The topological polar surface area (TPSA) is 102 Å². The van der Waals surface area contributed by atoms with Gasteiger partial charge in [-0.15, -0.1) is 10.2 Å². The number of rotatable bonds is 5. The van der Waals surface area contributed by atoms with Gasteiger partial charge < -0.3 is 5.32 Å². The number of hydrogen-bond acceptors (Lipinski definition) is 6. The van der Waals surface area contributed by atoms with Crippen LogP contribution in [0.4, 0.5) is 4.79 Å². The normalized spacial score (nSPS) is 15.4. The number of nitrogens with zero attached hydrogens (tertiary/aromatic N) is 5. The number of hydrogen-bond donors (Lipinski definition) is 1. The first-order valence-electron chi connectivity index (χ1n) is 9.15. The first-order valence-corrected chi connectivity index (χ1v) is 10.0. The lowest BCUT2D eigenvalue weighted by atomic mass is 10.2. The molecular weight excluding hydrogens is 380 g/mol. The first-order chi connectivity index (χ1) is 13.5. The van der Waals surface area contributed by atoms with Crippen LogP contribution in [-0.2, 0) is 11.3 Å². The Kier molecular flexibility index (Phi) is 4.80. The van der Waals surface area contributed by atoms with Gasteiger partial charge >= 0.3 is 6.03 Å². The lowest BCUT2D eigenvalue weighted by Gasteiger charge is -2.17. The van der Waals surface area contributed by atoms with Gasteiger partial charge in [0.25, 0.3) is 5.56 Å². The van der Waals surface area contributed by atoms with Gasteiger partial charge in [-0.1, -0.05) is 30.8 Å². The van der Waals surface area contributed by atoms with Crippen LogP contribution >= 0.6 is 11.8 Å². The van der Waals surface area contributed by atoms with E-state index in [0.717, 1.165) is 6.42 Å². The molecular formula is C18H20N6O3S. The van der Waals surface area contributed by atoms with E-state index in [2.05, 4.69) is 15.5 Å². The van der Waals surface area contributed by atoms with Gasteiger partial charge in [-0.05, 0) is 25.5 Å². The molecule has 28 heavy (non-hydrogen) atoms. The van der Waals surface area contributed by atoms with Crippen molar-refractivity contribution in [3.8, 4) is 0 Å². The summed E-state index contributed by atoms with van der Waals surface area (Å²) in [7, 11) is 0. The molecule has 1 N–H and O–H groups in total. The maximum Gasteiger partial charge on any atom is 0.324 e. The number of aryl methyl sites for hydroxylation is 1. The van der Waals surface area contributed by atoms with Gasteiger partial charge in [0, 0.05) is 19.6 Å². The van der Waals surface area contributed by atoms with E-state index in [9.17, 15) is 14.4 Å². The number of fused-ring (bicyclic) bond motifs is 3. The maximum absolute atomic E-state index is 12.9. The molecule has 1 aliphatic rings. The van der Waals surface area contributed by atoms with E-state index in [1.807, 2.05) is 29.5 Å². The Balaban J connectivity index is 1.79. The monoisotopic (exact) mass is 400 g/mol. The Labute approximate surface area is 164 Å². The fourth-order valence-corrected chi connectivity index (χ4v) is 4.26. The molecule has 1 aromatic carbocycles. The third kappa shape index (κ3) is 2.93. The van der Waals surface area contributed by atoms with E-state index < -0.39 is 5.25 Å². The van der Waals surface area contributed by atoms with Crippen LogP contribution in [0.1, 0.15) is 20.3 Å². The molecule has 3 aromatic rings. The van der Waals surface area contributed by atoms with E-state index >= 15 is 0 Å². The average Bonchev–Trinajstić information content (AvgIpc) is 3.31. The molecule has 0 saturated carbocycles. The standard InChI is InChI=1S/C18H20N6O3S/c1-3-9-22-15(26)12-6-4-5-7-13(12)24-16(22)20-21-18(24)28-11(2)14(25)23-10-8-19-17(23)27/h4-7,11H,3,8-10H2,1-2H3,(H,19,27). The number of carbonyl (C=O) groups excluding carboxylic acids is 2. The molecule has 0 aliphatic carbocycles. The number of amides is 3. The third-order valence-corrected chi connectivity index (χ3v) is 5.71. The van der Waals surface area contributed by atoms with Gasteiger partial charge in [-0.2, -0.15) is 0 Å². The van der Waals surface area contributed by atoms with Crippen molar-refractivity contribution >= 4 is 40.4 Å². The van der Waals surface area contributed by atoms with Crippen LogP contribution in [-0.4, -0.2) is 54.3 Å². The molecule has 10 heteroatoms. The highest BCUT2D eigenvalue weighted by molar-refractivity contribution is 8.00. The second kappa shape index (κ2) is 7.27. The summed E-state index contributed by atoms with van der Waals surface area (Å²) in [5.74, 6) is 0.176. The lowest BCUT2D eigenvalue weighted by molar-refractivity contribution is -0.126. The zero-order chi connectivity index (χ0) is 19.8. The van der Waals surface area contributed by atoms with Gasteiger partial charge in [0.05, 0.1) is 16.2 Å². The number of nitrogens with one attached hydrogen (secondary N) is 1. The number of benzene rings is 1. The van der Waals surface area contributed by atoms with Gasteiger partial charge in [0.2, 0.25) is 11.7 Å². The number of urea groups is 1. The van der Waals surface area contributed by atoms with Crippen molar-refractivity contribution in [3.05, 3.63) is 34.6 Å². The maximum atomic E-state index is 12.9. The molecule has 0 bridgehead atoms. The zero-order valence-electron chi connectivity index (χ0n) is 15.6. The smallest absolute Gasteiger partial charge is 0.324 e. The van der Waals surface area contributed by atoms with E-state index in [-0.39, 0.29) is 17.5 Å². The molecule has 146 valence electrons. The first kappa shape index (κ1) is 18.5. The van der Waals surface area contributed by atoms with E-state index in [1.54, 1.807) is 17.6 Å². The van der Waals surface area contributed by atoms with Crippen LogP contribution in [0.3, 0.4) is 0 Å². The van der Waals surface area contributed by atoms with Crippen LogP contribution < -0.4 is 10.9 Å². The highest BCUT2D eigenvalue weighted by atomic mass is 32.2. The predicted octanol–water partition coefficient (Wildman–Crippen LogP) is 1.49. The Morgan fingerprint density at radius 2 is 2.07 bits per heavy atom. The Bertz CT molecular complexity index is 1140. The molecule has 1 unspecified atom stereocenters. The lowest BCUT2D eigenvalue weighted by Crippen LogP contribution is -2.39. The highest BCUT2D eigenvalue weighted by Gasteiger charge is 2.31. The molecule has 0 radical (unpaired) electrons. The molecule has 3 amide bonds. The summed E-state index contributed by atoms with van der Waals surface area (Å²) in [4.78, 5) is 38.5. The SMILES string of the molecule is CCCn1c(=O)c2ccccc2n2c(SC(C)C(=O)N3CCNC3=O)nnc12. The van der Waals surface area contributed by atoms with Crippen LogP contribution in [0.15, 0.2) is 34.2 Å². The van der Waals surface area contributed by atoms with E-state index in [1.165, 1.54) is 16.7 Å². The summed E-state index contributed by atoms with van der Waals surface area (Å²) in [6.45, 7) is 5.08. The van der Waals surface area contributed by atoms with Crippen molar-refractivity contribution in [2.45, 2.75) is 37.2 Å². The van der Waals surface area contributed by atoms with Gasteiger partial charge in [-0.3, -0.25) is 23.5 Å². The molecule has 3 heterocycles. The van der Waals surface area contributed by atoms with Crippen LogP contribution in [0.5, 0.6) is 0 Å². The minimum absolute atomic E-state index is 0.105. The van der Waals surface area contributed by atoms with Crippen molar-refractivity contribution in [3.63, 3.8) is 0 Å². The zero-order valence-corrected chi connectivity index (χ0v) is 16.4. The summed E-state index contributed by atoms with van der Waals surface area (Å²) in [6, 6.07) is 6.92. The second-order valence-electron chi connectivity index (χ2n) is 6.57. The Morgan fingerprint density at radius 3 is 2.79 bits per heavy atom. The molecule has 1 aliphatic heterocycles. The van der Waals surface area contributed by atoms with Crippen molar-refractivity contribution in [2.24, 2.45) is 0 Å². The fourth-order valence-electron chi connectivity index (χ4n) is 3.34. The summed E-state index contributed by atoms with van der Waals surface area (Å²) in [5, 5.41) is 11.7. The van der Waals surface area contributed by atoms with E-state index in [4.69, 9.17) is 0 Å². The summed E-state index contributed by atoms with van der Waals surface area (Å²) in [5.41, 5.74) is 0.590. The average molecular weight is 400 g/mol. The van der Waals surface area contributed by atoms with Crippen molar-refractivity contribution in [2.75, 3.05) is 13.1 Å². The number of thioether (sulfide) groups is 1. The summed E-state index contributed by atoms with van der Waals surface area (Å²) < 4.78 is 3.42. The number of aromatic nitrogens is 4. The number of imide groups is 1. The quantitative estimate of drug-likeness (QED) is 0.651. The van der Waals surface area contributed by atoms with Gasteiger partial charge in [0.15, 0.2) is 5.16 Å². The number of carbonyl (C=O) groups is 2. The molecule has 1 fully saturated rings. The minimum Gasteiger partial charge on any atom is -0.336 e. The molecule has 1 saturated heterocycles. The third-order valence-electron chi connectivity index (χ3n) is 4.68. The number of para-hydroxylation sites is 1. The molecule has 0 spiro atoms. The van der Waals surface area contributed by atoms with Crippen LogP contribution in [0.25, 0.3) is 16.7 Å². The van der Waals surface area contributed by atoms with Crippen molar-refractivity contribution in [1.29, 1.82) is 0 Å². The minimum atomic E-state index is -0.526. The van der Waals surface area contributed by atoms with Gasteiger partial charge in [-0.25, -0.2) is 4.79 Å².